The largest absolute Gasteiger partial charge is 0.352 e. The van der Waals surface area contributed by atoms with Gasteiger partial charge in [-0.25, -0.2) is 0 Å². The molecule has 0 radical (unpaired) electrons. The van der Waals surface area contributed by atoms with Gasteiger partial charge >= 0.3 is 0 Å². The molecular formula is C24H25N3O. The minimum Gasteiger partial charge on any atom is -0.352 e. The fourth-order valence-corrected chi connectivity index (χ4v) is 4.77. The van der Waals surface area contributed by atoms with Gasteiger partial charge in [-0.2, -0.15) is 5.26 Å². The molecule has 2 aliphatic rings. The van der Waals surface area contributed by atoms with Crippen LogP contribution in [0, 0.1) is 35.0 Å². The fourth-order valence-electron chi connectivity index (χ4n) is 4.77. The van der Waals surface area contributed by atoms with E-state index >= 15 is 0 Å². The highest BCUT2D eigenvalue weighted by Gasteiger charge is 2.44. The van der Waals surface area contributed by atoms with E-state index in [-0.39, 0.29) is 11.9 Å². The number of aromatic nitrogens is 1. The summed E-state index contributed by atoms with van der Waals surface area (Å²) >= 11 is 0. The number of rotatable bonds is 3. The second-order valence-corrected chi connectivity index (χ2v) is 8.20. The van der Waals surface area contributed by atoms with Crippen LogP contribution < -0.4 is 5.32 Å². The van der Waals surface area contributed by atoms with Gasteiger partial charge in [-0.3, -0.25) is 9.78 Å². The number of benzene rings is 1. The van der Waals surface area contributed by atoms with E-state index in [1.54, 1.807) is 0 Å². The third kappa shape index (κ3) is 3.45. The van der Waals surface area contributed by atoms with E-state index < -0.39 is 0 Å². The highest BCUT2D eigenvalue weighted by molar-refractivity contribution is 5.79. The van der Waals surface area contributed by atoms with Crippen LogP contribution in [0.3, 0.4) is 0 Å². The molecule has 4 rings (SSSR count). The van der Waals surface area contributed by atoms with Crippen molar-refractivity contribution in [2.75, 3.05) is 0 Å². The van der Waals surface area contributed by atoms with E-state index in [4.69, 9.17) is 0 Å². The minimum atomic E-state index is 0.188. The normalized spacial score (nSPS) is 29.3. The summed E-state index contributed by atoms with van der Waals surface area (Å²) in [6.45, 7) is 4.58. The van der Waals surface area contributed by atoms with Crippen molar-refractivity contribution < 1.29 is 4.79 Å². The molecule has 4 nitrogen and oxygen atoms in total. The van der Waals surface area contributed by atoms with Crippen LogP contribution in [0.25, 0.3) is 17.2 Å². The number of carbonyl (C=O) groups excluding carboxylic acids is 1. The Bertz CT molecular complexity index is 941. The van der Waals surface area contributed by atoms with Gasteiger partial charge < -0.3 is 5.32 Å². The first-order valence-corrected chi connectivity index (χ1v) is 10.00. The van der Waals surface area contributed by atoms with Gasteiger partial charge in [0.15, 0.2) is 0 Å². The molecule has 1 saturated heterocycles. The quantitative estimate of drug-likeness (QED) is 0.868. The molecule has 1 N–H and O–H groups in total. The Balaban J connectivity index is 1.54. The molecule has 1 aromatic carbocycles. The summed E-state index contributed by atoms with van der Waals surface area (Å²) in [6, 6.07) is 14.0. The molecule has 1 aliphatic carbocycles. The number of pyridine rings is 1. The lowest BCUT2D eigenvalue weighted by atomic mass is 9.66. The monoisotopic (exact) mass is 371 g/mol. The van der Waals surface area contributed by atoms with Gasteiger partial charge in [-0.05, 0) is 42.4 Å². The Morgan fingerprint density at radius 3 is 2.79 bits per heavy atom. The highest BCUT2D eigenvalue weighted by atomic mass is 16.2. The zero-order valence-corrected chi connectivity index (χ0v) is 16.3. The fraction of sp³-hybridized carbons (Fsp3) is 0.375. The number of carbonyl (C=O) groups is 1. The summed E-state index contributed by atoms with van der Waals surface area (Å²) in [5, 5.41) is 12.5. The van der Waals surface area contributed by atoms with Crippen LogP contribution in [-0.4, -0.2) is 16.9 Å². The van der Waals surface area contributed by atoms with Crippen molar-refractivity contribution >= 4 is 12.0 Å². The van der Waals surface area contributed by atoms with Crippen molar-refractivity contribution in [2.24, 2.45) is 23.7 Å². The first kappa shape index (κ1) is 18.4. The maximum absolute atomic E-state index is 11.9. The molecule has 28 heavy (non-hydrogen) atoms. The van der Waals surface area contributed by atoms with Crippen molar-refractivity contribution in [3.05, 3.63) is 59.9 Å². The van der Waals surface area contributed by atoms with Gasteiger partial charge in [-0.15, -0.1) is 0 Å². The first-order valence-electron chi connectivity index (χ1n) is 10.00. The molecule has 1 aromatic heterocycles. The molecule has 1 amide bonds. The average Bonchev–Trinajstić information content (AvgIpc) is 3.08. The van der Waals surface area contributed by atoms with Gasteiger partial charge in [0.1, 0.15) is 0 Å². The van der Waals surface area contributed by atoms with E-state index in [1.807, 2.05) is 42.6 Å². The number of nitrogens with zero attached hydrogens (tertiary/aromatic N) is 2. The molecule has 2 heterocycles. The molecule has 0 spiro atoms. The SMILES string of the molecule is C[C@H]1[C@H](/C=C/c2ccc(-c3ccccc3C#N)cn2)[C@@H]2NC(=O)C[C@@H]2C[C@@H]1C. The van der Waals surface area contributed by atoms with Crippen molar-refractivity contribution in [3.8, 4) is 17.2 Å². The first-order chi connectivity index (χ1) is 13.6. The summed E-state index contributed by atoms with van der Waals surface area (Å²) in [5.74, 6) is 2.11. The smallest absolute Gasteiger partial charge is 0.220 e. The van der Waals surface area contributed by atoms with Crippen molar-refractivity contribution in [3.63, 3.8) is 0 Å². The minimum absolute atomic E-state index is 0.188. The second kappa shape index (κ2) is 7.59. The predicted octanol–water partition coefficient (Wildman–Crippen LogP) is 4.43. The molecule has 1 saturated carbocycles. The summed E-state index contributed by atoms with van der Waals surface area (Å²) in [5.41, 5.74) is 3.39. The van der Waals surface area contributed by atoms with Crippen LogP contribution in [-0.2, 0) is 4.79 Å². The number of fused-ring (bicyclic) bond motifs is 1. The Morgan fingerprint density at radius 2 is 2.04 bits per heavy atom. The van der Waals surface area contributed by atoms with E-state index in [9.17, 15) is 10.1 Å². The Morgan fingerprint density at radius 1 is 1.21 bits per heavy atom. The molecule has 0 unspecified atom stereocenters. The van der Waals surface area contributed by atoms with E-state index in [2.05, 4.69) is 42.4 Å². The third-order valence-corrected chi connectivity index (χ3v) is 6.51. The molecule has 1 aliphatic heterocycles. The zero-order valence-electron chi connectivity index (χ0n) is 16.3. The van der Waals surface area contributed by atoms with Crippen molar-refractivity contribution in [2.45, 2.75) is 32.7 Å². The van der Waals surface area contributed by atoms with E-state index in [0.717, 1.165) is 23.2 Å². The summed E-state index contributed by atoms with van der Waals surface area (Å²) < 4.78 is 0. The Hall–Kier alpha value is -2.93. The summed E-state index contributed by atoms with van der Waals surface area (Å²) in [7, 11) is 0. The van der Waals surface area contributed by atoms with Crippen molar-refractivity contribution in [1.82, 2.24) is 10.3 Å². The highest BCUT2D eigenvalue weighted by Crippen LogP contribution is 2.42. The maximum atomic E-state index is 11.9. The predicted molar refractivity (Wildman–Crippen MR) is 110 cm³/mol. The van der Waals surface area contributed by atoms with E-state index in [1.165, 1.54) is 0 Å². The zero-order chi connectivity index (χ0) is 19.7. The molecule has 0 bridgehead atoms. The van der Waals surface area contributed by atoms with Crippen LogP contribution in [0.5, 0.6) is 0 Å². The number of nitriles is 1. The second-order valence-electron chi connectivity index (χ2n) is 8.20. The van der Waals surface area contributed by atoms with E-state index in [0.29, 0.717) is 35.7 Å². The number of hydrogen-bond acceptors (Lipinski definition) is 3. The molecule has 142 valence electrons. The van der Waals surface area contributed by atoms with Crippen LogP contribution in [0.4, 0.5) is 0 Å². The third-order valence-electron chi connectivity index (χ3n) is 6.51. The van der Waals surface area contributed by atoms with Crippen LogP contribution >= 0.6 is 0 Å². The number of hydrogen-bond donors (Lipinski definition) is 1. The molecule has 5 atom stereocenters. The standard InChI is InChI=1S/C24H25N3O/c1-15-11-19-12-23(28)27-24(19)21(16(15)2)10-9-20-8-7-18(14-26-20)22-6-4-3-5-17(22)13-25/h3-10,14-16,19,21,24H,11-12H2,1-2H3,(H,27,28)/b10-9+/t15-,16+,19-,21-,24+/m0/s1. The van der Waals surface area contributed by atoms with Gasteiger partial charge in [-0.1, -0.05) is 44.2 Å². The molecular weight excluding hydrogens is 346 g/mol. The maximum Gasteiger partial charge on any atom is 0.220 e. The van der Waals surface area contributed by atoms with Gasteiger partial charge in [0.05, 0.1) is 17.3 Å². The Kier molecular flexibility index (Phi) is 5.00. The van der Waals surface area contributed by atoms with Crippen LogP contribution in [0.15, 0.2) is 48.7 Å². The van der Waals surface area contributed by atoms with Crippen molar-refractivity contribution in [1.29, 1.82) is 5.26 Å². The molecule has 4 heteroatoms. The van der Waals surface area contributed by atoms with Crippen LogP contribution in [0.2, 0.25) is 0 Å². The van der Waals surface area contributed by atoms with Gasteiger partial charge in [0, 0.05) is 35.7 Å². The Labute approximate surface area is 166 Å². The average molecular weight is 371 g/mol. The lowest BCUT2D eigenvalue weighted by Crippen LogP contribution is -2.44. The summed E-state index contributed by atoms with van der Waals surface area (Å²) in [6.07, 6.45) is 7.91. The molecule has 2 aromatic rings. The van der Waals surface area contributed by atoms with Gasteiger partial charge in [0.25, 0.3) is 0 Å². The van der Waals surface area contributed by atoms with Gasteiger partial charge in [0.2, 0.25) is 5.91 Å². The molecule has 2 fully saturated rings. The van der Waals surface area contributed by atoms with Crippen LogP contribution in [0.1, 0.15) is 37.9 Å². The summed E-state index contributed by atoms with van der Waals surface area (Å²) in [4.78, 5) is 16.5. The number of nitrogens with one attached hydrogen (secondary N) is 1. The lowest BCUT2D eigenvalue weighted by Gasteiger charge is -2.40. The topological polar surface area (TPSA) is 65.8 Å². The lowest BCUT2D eigenvalue weighted by molar-refractivity contribution is -0.119. The number of amides is 1.